The number of benzene rings is 4. The number of rotatable bonds is 5. The zero-order valence-electron chi connectivity index (χ0n) is 16.0. The van der Waals surface area contributed by atoms with Crippen LogP contribution in [0.5, 0.6) is 0 Å². The molecule has 2 N–H and O–H groups in total. The summed E-state index contributed by atoms with van der Waals surface area (Å²) in [6, 6.07) is 30.8. The van der Waals surface area contributed by atoms with Crippen LogP contribution >= 0.6 is 11.6 Å². The van der Waals surface area contributed by atoms with E-state index in [1.54, 1.807) is 36.4 Å². The van der Waals surface area contributed by atoms with Gasteiger partial charge in [-0.25, -0.2) is 4.79 Å². The zero-order chi connectivity index (χ0) is 21.1. The third-order valence-corrected chi connectivity index (χ3v) is 5.42. The molecular formula is C26H19ClO3. The zero-order valence-corrected chi connectivity index (χ0v) is 16.8. The topological polar surface area (TPSA) is 57.5 Å². The summed E-state index contributed by atoms with van der Waals surface area (Å²) < 4.78 is 0. The number of halogens is 1. The fourth-order valence-electron chi connectivity index (χ4n) is 3.71. The Bertz CT molecular complexity index is 1170. The third kappa shape index (κ3) is 3.50. The molecule has 0 spiro atoms. The monoisotopic (exact) mass is 414 g/mol. The molecule has 148 valence electrons. The molecule has 0 aromatic heterocycles. The SMILES string of the molecule is O=C(O)C(O)(c1ccc(Cl)cc1)c1cccc(-c2ccccc2)c1-c1ccccc1. The fraction of sp³-hybridized carbons (Fsp3) is 0.0385. The molecule has 0 amide bonds. The van der Waals surface area contributed by atoms with Crippen LogP contribution in [0.25, 0.3) is 22.3 Å². The summed E-state index contributed by atoms with van der Waals surface area (Å²) in [5.41, 5.74) is 1.55. The molecule has 0 aliphatic heterocycles. The highest BCUT2D eigenvalue weighted by Crippen LogP contribution is 2.42. The minimum absolute atomic E-state index is 0.238. The number of hydrogen-bond acceptors (Lipinski definition) is 2. The van der Waals surface area contributed by atoms with Crippen molar-refractivity contribution in [3.8, 4) is 22.3 Å². The van der Waals surface area contributed by atoms with Crippen molar-refractivity contribution in [2.24, 2.45) is 0 Å². The van der Waals surface area contributed by atoms with Gasteiger partial charge < -0.3 is 10.2 Å². The number of carboxylic acids is 1. The first-order valence-corrected chi connectivity index (χ1v) is 9.86. The van der Waals surface area contributed by atoms with Gasteiger partial charge in [-0.1, -0.05) is 103 Å². The van der Waals surface area contributed by atoms with Crippen molar-refractivity contribution in [2.75, 3.05) is 0 Å². The van der Waals surface area contributed by atoms with Gasteiger partial charge in [-0.2, -0.15) is 0 Å². The second-order valence-electron chi connectivity index (χ2n) is 6.98. The van der Waals surface area contributed by atoms with Crippen LogP contribution < -0.4 is 0 Å². The van der Waals surface area contributed by atoms with Gasteiger partial charge in [0.1, 0.15) is 0 Å². The van der Waals surface area contributed by atoms with E-state index in [0.717, 1.165) is 16.7 Å². The Hall–Kier alpha value is -3.40. The minimum atomic E-state index is -2.25. The molecule has 0 saturated carbocycles. The number of carbonyl (C=O) groups is 1. The summed E-state index contributed by atoms with van der Waals surface area (Å²) >= 11 is 5.99. The standard InChI is InChI=1S/C26H19ClO3/c27-21-16-14-20(15-17-21)26(30,25(28)29)23-13-7-12-22(18-8-3-1-4-9-18)24(23)19-10-5-2-6-11-19/h1-17,30H,(H,28,29). The van der Waals surface area contributed by atoms with E-state index in [-0.39, 0.29) is 5.56 Å². The maximum Gasteiger partial charge on any atom is 0.345 e. The van der Waals surface area contributed by atoms with Crippen LogP contribution in [0, 0.1) is 0 Å². The van der Waals surface area contributed by atoms with E-state index in [0.29, 0.717) is 16.1 Å². The molecule has 1 atom stereocenters. The highest BCUT2D eigenvalue weighted by molar-refractivity contribution is 6.30. The molecule has 4 rings (SSSR count). The van der Waals surface area contributed by atoms with Crippen molar-refractivity contribution in [3.63, 3.8) is 0 Å². The summed E-state index contributed by atoms with van der Waals surface area (Å²) in [5.74, 6) is -1.35. The van der Waals surface area contributed by atoms with Crippen LogP contribution in [0.3, 0.4) is 0 Å². The molecule has 3 nitrogen and oxygen atoms in total. The van der Waals surface area contributed by atoms with Crippen LogP contribution in [0.15, 0.2) is 103 Å². The van der Waals surface area contributed by atoms with Crippen LogP contribution in [-0.2, 0) is 10.4 Å². The Balaban J connectivity index is 2.06. The molecule has 0 bridgehead atoms. The van der Waals surface area contributed by atoms with Crippen molar-refractivity contribution in [1.29, 1.82) is 0 Å². The Morgan fingerprint density at radius 3 is 1.83 bits per heavy atom. The largest absolute Gasteiger partial charge is 0.479 e. The quantitative estimate of drug-likeness (QED) is 0.421. The van der Waals surface area contributed by atoms with Crippen molar-refractivity contribution < 1.29 is 15.0 Å². The summed E-state index contributed by atoms with van der Waals surface area (Å²) in [4.78, 5) is 12.5. The molecule has 0 saturated heterocycles. The van der Waals surface area contributed by atoms with Gasteiger partial charge in [0.15, 0.2) is 0 Å². The molecule has 30 heavy (non-hydrogen) atoms. The van der Waals surface area contributed by atoms with Gasteiger partial charge in [0.05, 0.1) is 0 Å². The molecule has 4 heteroatoms. The molecule has 4 aromatic carbocycles. The third-order valence-electron chi connectivity index (χ3n) is 5.17. The summed E-state index contributed by atoms with van der Waals surface area (Å²) in [7, 11) is 0. The Labute approximate surface area is 179 Å². The number of aliphatic hydroxyl groups is 1. The van der Waals surface area contributed by atoms with E-state index in [2.05, 4.69) is 0 Å². The van der Waals surface area contributed by atoms with Gasteiger partial charge in [-0.15, -0.1) is 0 Å². The molecule has 1 unspecified atom stereocenters. The van der Waals surface area contributed by atoms with E-state index < -0.39 is 11.6 Å². The van der Waals surface area contributed by atoms with Gasteiger partial charge in [-0.3, -0.25) is 0 Å². The van der Waals surface area contributed by atoms with Crippen molar-refractivity contribution >= 4 is 17.6 Å². The maximum atomic E-state index is 12.5. The highest BCUT2D eigenvalue weighted by atomic mass is 35.5. The van der Waals surface area contributed by atoms with Crippen molar-refractivity contribution in [2.45, 2.75) is 5.60 Å². The predicted octanol–water partition coefficient (Wildman–Crippen LogP) is 5.99. The average molecular weight is 415 g/mol. The van der Waals surface area contributed by atoms with Crippen molar-refractivity contribution in [3.05, 3.63) is 119 Å². The van der Waals surface area contributed by atoms with Crippen LogP contribution in [0.2, 0.25) is 5.02 Å². The first kappa shape index (κ1) is 19.9. The van der Waals surface area contributed by atoms with Crippen LogP contribution in [-0.4, -0.2) is 16.2 Å². The molecule has 0 aliphatic carbocycles. The lowest BCUT2D eigenvalue weighted by atomic mass is 9.79. The summed E-state index contributed by atoms with van der Waals surface area (Å²) in [5, 5.41) is 22.2. The van der Waals surface area contributed by atoms with E-state index in [4.69, 9.17) is 11.6 Å². The Kier molecular flexibility index (Phi) is 5.40. The van der Waals surface area contributed by atoms with E-state index in [9.17, 15) is 15.0 Å². The Morgan fingerprint density at radius 2 is 1.27 bits per heavy atom. The average Bonchev–Trinajstić information content (AvgIpc) is 2.79. The lowest BCUT2D eigenvalue weighted by Crippen LogP contribution is -2.37. The second-order valence-corrected chi connectivity index (χ2v) is 7.42. The lowest BCUT2D eigenvalue weighted by molar-refractivity contribution is -0.155. The molecular weight excluding hydrogens is 396 g/mol. The van der Waals surface area contributed by atoms with Gasteiger partial charge in [0.2, 0.25) is 5.60 Å². The van der Waals surface area contributed by atoms with Gasteiger partial charge >= 0.3 is 5.97 Å². The van der Waals surface area contributed by atoms with E-state index in [1.807, 2.05) is 66.7 Å². The molecule has 0 radical (unpaired) electrons. The lowest BCUT2D eigenvalue weighted by Gasteiger charge is -2.28. The second kappa shape index (κ2) is 8.15. The number of carboxylic acid groups (broad SMARTS) is 1. The molecule has 0 fully saturated rings. The molecule has 0 heterocycles. The fourth-order valence-corrected chi connectivity index (χ4v) is 3.84. The van der Waals surface area contributed by atoms with Crippen molar-refractivity contribution in [1.82, 2.24) is 0 Å². The molecule has 0 aliphatic rings. The first-order chi connectivity index (χ1) is 14.5. The van der Waals surface area contributed by atoms with Gasteiger partial charge in [0.25, 0.3) is 0 Å². The predicted molar refractivity (Wildman–Crippen MR) is 119 cm³/mol. The first-order valence-electron chi connectivity index (χ1n) is 9.48. The van der Waals surface area contributed by atoms with Gasteiger partial charge in [0, 0.05) is 10.6 Å². The normalized spacial score (nSPS) is 12.9. The highest BCUT2D eigenvalue weighted by Gasteiger charge is 2.42. The van der Waals surface area contributed by atoms with Crippen LogP contribution in [0.4, 0.5) is 0 Å². The number of aliphatic carboxylic acids is 1. The van der Waals surface area contributed by atoms with E-state index in [1.165, 1.54) is 0 Å². The van der Waals surface area contributed by atoms with Crippen LogP contribution in [0.1, 0.15) is 11.1 Å². The Morgan fingerprint density at radius 1 is 0.700 bits per heavy atom. The summed E-state index contributed by atoms with van der Waals surface area (Å²) in [6.07, 6.45) is 0. The van der Waals surface area contributed by atoms with Gasteiger partial charge in [-0.05, 0) is 39.9 Å². The summed E-state index contributed by atoms with van der Waals surface area (Å²) in [6.45, 7) is 0. The smallest absolute Gasteiger partial charge is 0.345 e. The number of hydrogen-bond donors (Lipinski definition) is 2. The minimum Gasteiger partial charge on any atom is -0.479 e. The van der Waals surface area contributed by atoms with E-state index >= 15 is 0 Å². The maximum absolute atomic E-state index is 12.5. The molecule has 4 aromatic rings.